The number of ether oxygens (including phenoxy) is 1. The first-order valence-electron chi connectivity index (χ1n) is 9.10. The maximum atomic E-state index is 12.4. The van der Waals surface area contributed by atoms with Gasteiger partial charge in [-0.1, -0.05) is 19.1 Å². The minimum atomic E-state index is -0.536. The summed E-state index contributed by atoms with van der Waals surface area (Å²) in [6.07, 6.45) is 4.01. The number of carbonyl (C=O) groups is 3. The number of nitrogens with one attached hydrogen (secondary N) is 1. The number of hydrogen-bond donors (Lipinski definition) is 1. The molecule has 26 heavy (non-hydrogen) atoms. The number of esters is 1. The molecule has 3 rings (SSSR count). The van der Waals surface area contributed by atoms with Gasteiger partial charge in [-0.3, -0.25) is 14.4 Å². The molecule has 2 atom stereocenters. The maximum absolute atomic E-state index is 12.4. The third-order valence-corrected chi connectivity index (χ3v) is 6.11. The highest BCUT2D eigenvalue weighted by molar-refractivity contribution is 8.01. The van der Waals surface area contributed by atoms with Crippen LogP contribution in [0.4, 0.5) is 5.69 Å². The lowest BCUT2D eigenvalue weighted by Gasteiger charge is -2.35. The lowest BCUT2D eigenvalue weighted by molar-refractivity contribution is -0.153. The van der Waals surface area contributed by atoms with Crippen LogP contribution in [0.2, 0.25) is 0 Å². The Bertz CT molecular complexity index is 694. The molecule has 0 spiro atoms. The minimum absolute atomic E-state index is 0.0463. The summed E-state index contributed by atoms with van der Waals surface area (Å²) in [6.45, 7) is 2.55. The van der Waals surface area contributed by atoms with Crippen molar-refractivity contribution in [1.29, 1.82) is 0 Å². The first kappa shape index (κ1) is 18.8. The largest absolute Gasteiger partial charge is 0.456 e. The standard InChI is InChI=1S/C19H24N2O4S/c1-2-13-7-5-6-10-21(13)17(22)12-25-18(23)11-16-19(24)20-14-8-3-4-9-15(14)26-16/h3-4,8-9,13,16H,2,5-7,10-12H2,1H3,(H,20,24)/t13-,16+/m0/s1. The first-order chi connectivity index (χ1) is 12.6. The fourth-order valence-corrected chi connectivity index (χ4v) is 4.51. The van der Waals surface area contributed by atoms with Gasteiger partial charge >= 0.3 is 5.97 Å². The van der Waals surface area contributed by atoms with Gasteiger partial charge in [-0.2, -0.15) is 0 Å². The number of hydrogen-bond acceptors (Lipinski definition) is 5. The van der Waals surface area contributed by atoms with Gasteiger partial charge in [0.05, 0.1) is 17.4 Å². The molecule has 2 aliphatic heterocycles. The lowest BCUT2D eigenvalue weighted by atomic mass is 10.00. The molecule has 0 unspecified atom stereocenters. The Kier molecular flexibility index (Phi) is 6.19. The van der Waals surface area contributed by atoms with Crippen molar-refractivity contribution in [2.24, 2.45) is 0 Å². The van der Waals surface area contributed by atoms with Crippen molar-refractivity contribution >= 4 is 35.2 Å². The van der Waals surface area contributed by atoms with Crippen molar-refractivity contribution in [2.75, 3.05) is 18.5 Å². The van der Waals surface area contributed by atoms with Crippen LogP contribution in [-0.4, -0.2) is 47.1 Å². The van der Waals surface area contributed by atoms with Crippen LogP contribution in [0.1, 0.15) is 39.0 Å². The van der Waals surface area contributed by atoms with Crippen LogP contribution in [0.25, 0.3) is 0 Å². The van der Waals surface area contributed by atoms with Crippen LogP contribution in [0.3, 0.4) is 0 Å². The van der Waals surface area contributed by atoms with Crippen LogP contribution in [0, 0.1) is 0 Å². The van der Waals surface area contributed by atoms with Gasteiger partial charge < -0.3 is 15.0 Å². The molecule has 2 heterocycles. The lowest BCUT2D eigenvalue weighted by Crippen LogP contribution is -2.45. The molecule has 1 aromatic rings. The third-order valence-electron chi connectivity index (χ3n) is 4.83. The predicted molar refractivity (Wildman–Crippen MR) is 99.9 cm³/mol. The van der Waals surface area contributed by atoms with Crippen molar-refractivity contribution in [2.45, 2.75) is 55.2 Å². The molecule has 1 saturated heterocycles. The molecule has 0 radical (unpaired) electrons. The highest BCUT2D eigenvalue weighted by Crippen LogP contribution is 2.36. The third kappa shape index (κ3) is 4.38. The summed E-state index contributed by atoms with van der Waals surface area (Å²) in [5.41, 5.74) is 0.762. The Morgan fingerprint density at radius 1 is 1.31 bits per heavy atom. The molecule has 6 nitrogen and oxygen atoms in total. The average molecular weight is 376 g/mol. The highest BCUT2D eigenvalue weighted by Gasteiger charge is 2.30. The number of carbonyl (C=O) groups excluding carboxylic acids is 3. The summed E-state index contributed by atoms with van der Waals surface area (Å²) in [5.74, 6) is -0.870. The smallest absolute Gasteiger partial charge is 0.307 e. The molecule has 0 aliphatic carbocycles. The summed E-state index contributed by atoms with van der Waals surface area (Å²) < 4.78 is 5.17. The number of para-hydroxylation sites is 1. The Hall–Kier alpha value is -2.02. The van der Waals surface area contributed by atoms with E-state index in [4.69, 9.17) is 4.74 Å². The SMILES string of the molecule is CC[C@H]1CCCCN1C(=O)COC(=O)C[C@H]1Sc2ccccc2NC1=O. The molecule has 1 N–H and O–H groups in total. The van der Waals surface area contributed by atoms with E-state index < -0.39 is 11.2 Å². The molecular formula is C19H24N2O4S. The predicted octanol–water partition coefficient (Wildman–Crippen LogP) is 2.82. The van der Waals surface area contributed by atoms with Gasteiger partial charge in [0.25, 0.3) is 5.91 Å². The topological polar surface area (TPSA) is 75.7 Å². The first-order valence-corrected chi connectivity index (χ1v) is 9.98. The van der Waals surface area contributed by atoms with Gasteiger partial charge in [0.15, 0.2) is 6.61 Å². The number of piperidine rings is 1. The van der Waals surface area contributed by atoms with Crippen molar-refractivity contribution in [1.82, 2.24) is 4.90 Å². The van der Waals surface area contributed by atoms with E-state index in [1.807, 2.05) is 29.2 Å². The van der Waals surface area contributed by atoms with E-state index in [0.717, 1.165) is 42.8 Å². The van der Waals surface area contributed by atoms with E-state index in [2.05, 4.69) is 12.2 Å². The Labute approximate surface area is 157 Å². The van der Waals surface area contributed by atoms with E-state index in [1.165, 1.54) is 11.8 Å². The average Bonchev–Trinajstić information content (AvgIpc) is 2.66. The highest BCUT2D eigenvalue weighted by atomic mass is 32.2. The number of amides is 2. The Morgan fingerprint density at radius 3 is 2.92 bits per heavy atom. The monoisotopic (exact) mass is 376 g/mol. The van der Waals surface area contributed by atoms with E-state index >= 15 is 0 Å². The van der Waals surface area contributed by atoms with E-state index in [9.17, 15) is 14.4 Å². The molecular weight excluding hydrogens is 352 g/mol. The van der Waals surface area contributed by atoms with Crippen LogP contribution in [0.15, 0.2) is 29.2 Å². The number of fused-ring (bicyclic) bond motifs is 1. The van der Waals surface area contributed by atoms with Crippen LogP contribution in [-0.2, 0) is 19.1 Å². The summed E-state index contributed by atoms with van der Waals surface area (Å²) in [5, 5.41) is 2.27. The van der Waals surface area contributed by atoms with Crippen molar-refractivity contribution in [3.63, 3.8) is 0 Å². The van der Waals surface area contributed by atoms with Gasteiger partial charge in [-0.05, 0) is 37.8 Å². The van der Waals surface area contributed by atoms with Crippen molar-refractivity contribution in [3.05, 3.63) is 24.3 Å². The maximum Gasteiger partial charge on any atom is 0.307 e. The quantitative estimate of drug-likeness (QED) is 0.800. The number of likely N-dealkylation sites (tertiary alicyclic amines) is 1. The molecule has 0 saturated carbocycles. The molecule has 2 aliphatic rings. The summed E-state index contributed by atoms with van der Waals surface area (Å²) >= 11 is 1.35. The zero-order valence-electron chi connectivity index (χ0n) is 14.9. The van der Waals surface area contributed by atoms with Gasteiger partial charge in [-0.15, -0.1) is 11.8 Å². The molecule has 1 fully saturated rings. The fourth-order valence-electron chi connectivity index (χ4n) is 3.42. The normalized spacial score (nSPS) is 22.3. The van der Waals surface area contributed by atoms with Gasteiger partial charge in [0.2, 0.25) is 5.91 Å². The van der Waals surface area contributed by atoms with E-state index in [-0.39, 0.29) is 30.9 Å². The Balaban J connectivity index is 1.50. The number of benzene rings is 1. The molecule has 140 valence electrons. The van der Waals surface area contributed by atoms with Crippen LogP contribution < -0.4 is 5.32 Å². The van der Waals surface area contributed by atoms with Crippen LogP contribution in [0.5, 0.6) is 0 Å². The second kappa shape index (κ2) is 8.58. The second-order valence-corrected chi connectivity index (χ2v) is 7.85. The van der Waals surface area contributed by atoms with E-state index in [1.54, 1.807) is 0 Å². The molecule has 2 amide bonds. The summed E-state index contributed by atoms with van der Waals surface area (Å²) in [4.78, 5) is 39.4. The molecule has 7 heteroatoms. The number of anilines is 1. The number of thioether (sulfide) groups is 1. The molecule has 0 bridgehead atoms. The Morgan fingerprint density at radius 2 is 2.12 bits per heavy atom. The van der Waals surface area contributed by atoms with Crippen LogP contribution >= 0.6 is 11.8 Å². The number of rotatable bonds is 5. The second-order valence-electron chi connectivity index (χ2n) is 6.60. The zero-order chi connectivity index (χ0) is 18.5. The van der Waals surface area contributed by atoms with Crippen molar-refractivity contribution in [3.8, 4) is 0 Å². The van der Waals surface area contributed by atoms with Crippen molar-refractivity contribution < 1.29 is 19.1 Å². The molecule has 1 aromatic carbocycles. The molecule has 0 aromatic heterocycles. The van der Waals surface area contributed by atoms with E-state index in [0.29, 0.717) is 0 Å². The zero-order valence-corrected chi connectivity index (χ0v) is 15.7. The van der Waals surface area contributed by atoms with Gasteiger partial charge in [0, 0.05) is 17.5 Å². The summed E-state index contributed by atoms with van der Waals surface area (Å²) in [7, 11) is 0. The van der Waals surface area contributed by atoms with Gasteiger partial charge in [0.1, 0.15) is 0 Å². The fraction of sp³-hybridized carbons (Fsp3) is 0.526. The summed E-state index contributed by atoms with van der Waals surface area (Å²) in [6, 6.07) is 7.72. The number of nitrogens with zero attached hydrogens (tertiary/aromatic N) is 1. The minimum Gasteiger partial charge on any atom is -0.456 e. The van der Waals surface area contributed by atoms with Gasteiger partial charge in [-0.25, -0.2) is 0 Å².